The number of sulfonamides is 1. The Hall–Kier alpha value is -0.460. The van der Waals surface area contributed by atoms with E-state index in [-0.39, 0.29) is 21.8 Å². The number of hydrogen-bond donors (Lipinski definition) is 1. The van der Waals surface area contributed by atoms with Crippen LogP contribution in [-0.4, -0.2) is 19.4 Å². The van der Waals surface area contributed by atoms with E-state index in [9.17, 15) is 8.42 Å². The molecule has 18 heavy (non-hydrogen) atoms. The molecular formula is C12H17BrN2O2S. The van der Waals surface area contributed by atoms with E-state index in [4.69, 9.17) is 0 Å². The molecule has 1 saturated carbocycles. The van der Waals surface area contributed by atoms with Gasteiger partial charge in [0.1, 0.15) is 4.90 Å². The van der Waals surface area contributed by atoms with Gasteiger partial charge < -0.3 is 0 Å². The van der Waals surface area contributed by atoms with E-state index >= 15 is 0 Å². The van der Waals surface area contributed by atoms with E-state index in [0.717, 1.165) is 0 Å². The van der Waals surface area contributed by atoms with Gasteiger partial charge in [0.15, 0.2) is 0 Å². The van der Waals surface area contributed by atoms with Crippen molar-refractivity contribution < 1.29 is 8.42 Å². The second kappa shape index (κ2) is 4.02. The van der Waals surface area contributed by atoms with Crippen molar-refractivity contribution in [2.75, 3.05) is 0 Å². The molecule has 1 N–H and O–H groups in total. The third kappa shape index (κ3) is 2.10. The molecule has 0 bridgehead atoms. The van der Waals surface area contributed by atoms with Crippen molar-refractivity contribution >= 4 is 26.0 Å². The molecule has 0 spiro atoms. The van der Waals surface area contributed by atoms with Crippen molar-refractivity contribution in [2.45, 2.75) is 38.6 Å². The average Bonchev–Trinajstić information content (AvgIpc) is 2.61. The molecule has 0 unspecified atom stereocenters. The first-order valence-electron chi connectivity index (χ1n) is 5.72. The smallest absolute Gasteiger partial charge is 0.242 e. The molecule has 1 heterocycles. The molecule has 100 valence electrons. The van der Waals surface area contributed by atoms with Gasteiger partial charge in [-0.1, -0.05) is 27.7 Å². The summed E-state index contributed by atoms with van der Waals surface area (Å²) in [5, 5.41) is 0. The van der Waals surface area contributed by atoms with Crippen LogP contribution in [0.15, 0.2) is 27.8 Å². The standard InChI is InChI=1S/C12H17BrN2O2S/c1-11(2)10(12(11,3)4)15-18(16,17)9-5-8(13)6-14-7-9/h5-7,10,15H,1-4H3. The summed E-state index contributed by atoms with van der Waals surface area (Å²) in [5.74, 6) is 0. The van der Waals surface area contributed by atoms with Crippen molar-refractivity contribution in [1.82, 2.24) is 9.71 Å². The zero-order chi connectivity index (χ0) is 13.8. The van der Waals surface area contributed by atoms with E-state index in [1.54, 1.807) is 12.3 Å². The highest BCUT2D eigenvalue weighted by Crippen LogP contribution is 2.62. The molecule has 0 aliphatic heterocycles. The quantitative estimate of drug-likeness (QED) is 0.925. The Labute approximate surface area is 116 Å². The Bertz CT molecular complexity index is 567. The number of hydrogen-bond acceptors (Lipinski definition) is 3. The van der Waals surface area contributed by atoms with Crippen molar-refractivity contribution in [3.8, 4) is 0 Å². The molecule has 1 aromatic rings. The molecule has 1 aromatic heterocycles. The molecule has 1 aliphatic rings. The zero-order valence-corrected chi connectivity index (χ0v) is 13.3. The first-order valence-corrected chi connectivity index (χ1v) is 7.99. The molecule has 0 saturated heterocycles. The van der Waals surface area contributed by atoms with Crippen LogP contribution in [0.1, 0.15) is 27.7 Å². The molecular weight excluding hydrogens is 316 g/mol. The minimum atomic E-state index is -3.50. The Balaban J connectivity index is 2.25. The Morgan fingerprint density at radius 1 is 1.22 bits per heavy atom. The number of rotatable bonds is 3. The van der Waals surface area contributed by atoms with Gasteiger partial charge in [0.05, 0.1) is 0 Å². The maximum absolute atomic E-state index is 12.2. The lowest BCUT2D eigenvalue weighted by atomic mass is 10.0. The lowest BCUT2D eigenvalue weighted by molar-refractivity contribution is 0.457. The molecule has 4 nitrogen and oxygen atoms in total. The Morgan fingerprint density at radius 3 is 2.22 bits per heavy atom. The summed E-state index contributed by atoms with van der Waals surface area (Å²) >= 11 is 3.23. The van der Waals surface area contributed by atoms with Gasteiger partial charge in [-0.3, -0.25) is 4.98 Å². The van der Waals surface area contributed by atoms with Gasteiger partial charge in [-0.05, 0) is 32.8 Å². The summed E-state index contributed by atoms with van der Waals surface area (Å²) in [4.78, 5) is 4.08. The van der Waals surface area contributed by atoms with Crippen molar-refractivity contribution in [3.63, 3.8) is 0 Å². The first-order chi connectivity index (χ1) is 8.09. The SMILES string of the molecule is CC1(C)C(NS(=O)(=O)c2cncc(Br)c2)C1(C)C. The molecule has 0 atom stereocenters. The van der Waals surface area contributed by atoms with Crippen LogP contribution in [0.3, 0.4) is 0 Å². The third-order valence-corrected chi connectivity index (χ3v) is 6.11. The van der Waals surface area contributed by atoms with Crippen molar-refractivity contribution in [2.24, 2.45) is 10.8 Å². The summed E-state index contributed by atoms with van der Waals surface area (Å²) in [6.07, 6.45) is 2.92. The normalized spacial score (nSPS) is 21.8. The van der Waals surface area contributed by atoms with E-state index in [2.05, 4.69) is 53.3 Å². The number of halogens is 1. The second-order valence-electron chi connectivity index (χ2n) is 5.84. The summed E-state index contributed by atoms with van der Waals surface area (Å²) in [5.41, 5.74) is -0.0565. The fourth-order valence-electron chi connectivity index (χ4n) is 2.25. The van der Waals surface area contributed by atoms with Crippen LogP contribution in [0.5, 0.6) is 0 Å². The Kier molecular flexibility index (Phi) is 3.11. The average molecular weight is 333 g/mol. The fourth-order valence-corrected chi connectivity index (χ4v) is 4.29. The predicted octanol–water partition coefficient (Wildman–Crippen LogP) is 2.56. The van der Waals surface area contributed by atoms with Crippen LogP contribution in [0.25, 0.3) is 0 Å². The highest BCUT2D eigenvalue weighted by Gasteiger charge is 2.66. The van der Waals surface area contributed by atoms with Crippen LogP contribution in [0.4, 0.5) is 0 Å². The highest BCUT2D eigenvalue weighted by molar-refractivity contribution is 9.10. The fraction of sp³-hybridized carbons (Fsp3) is 0.583. The van der Waals surface area contributed by atoms with Crippen LogP contribution in [0, 0.1) is 10.8 Å². The summed E-state index contributed by atoms with van der Waals surface area (Å²) < 4.78 is 27.9. The summed E-state index contributed by atoms with van der Waals surface area (Å²) in [6.45, 7) is 8.28. The minimum Gasteiger partial charge on any atom is -0.262 e. The largest absolute Gasteiger partial charge is 0.262 e. The number of pyridine rings is 1. The maximum atomic E-state index is 12.2. The van der Waals surface area contributed by atoms with Gasteiger partial charge in [0.25, 0.3) is 0 Å². The minimum absolute atomic E-state index is 0.0283. The van der Waals surface area contributed by atoms with Gasteiger partial charge in [0, 0.05) is 22.9 Å². The monoisotopic (exact) mass is 332 g/mol. The molecule has 6 heteroatoms. The number of nitrogens with one attached hydrogen (secondary N) is 1. The van der Waals surface area contributed by atoms with Gasteiger partial charge >= 0.3 is 0 Å². The molecule has 0 aromatic carbocycles. The van der Waals surface area contributed by atoms with Crippen molar-refractivity contribution in [3.05, 3.63) is 22.9 Å². The van der Waals surface area contributed by atoms with E-state index < -0.39 is 10.0 Å². The van der Waals surface area contributed by atoms with Gasteiger partial charge in [-0.25, -0.2) is 13.1 Å². The highest BCUT2D eigenvalue weighted by atomic mass is 79.9. The van der Waals surface area contributed by atoms with Crippen LogP contribution in [-0.2, 0) is 10.0 Å². The van der Waals surface area contributed by atoms with Crippen LogP contribution < -0.4 is 4.72 Å². The molecule has 2 rings (SSSR count). The molecule has 1 aliphatic carbocycles. The maximum Gasteiger partial charge on any atom is 0.242 e. The zero-order valence-electron chi connectivity index (χ0n) is 10.9. The summed E-state index contributed by atoms with van der Waals surface area (Å²) in [7, 11) is -3.50. The van der Waals surface area contributed by atoms with Gasteiger partial charge in [0.2, 0.25) is 10.0 Å². The molecule has 0 amide bonds. The van der Waals surface area contributed by atoms with Gasteiger partial charge in [-0.15, -0.1) is 0 Å². The first kappa shape index (κ1) is 14.0. The Morgan fingerprint density at radius 2 is 1.78 bits per heavy atom. The molecule has 1 fully saturated rings. The van der Waals surface area contributed by atoms with E-state index in [1.165, 1.54) is 6.20 Å². The van der Waals surface area contributed by atoms with Crippen LogP contribution >= 0.6 is 15.9 Å². The summed E-state index contributed by atoms with van der Waals surface area (Å²) in [6, 6.07) is 1.51. The third-order valence-electron chi connectivity index (χ3n) is 4.28. The van der Waals surface area contributed by atoms with Gasteiger partial charge in [-0.2, -0.15) is 0 Å². The van der Waals surface area contributed by atoms with E-state index in [0.29, 0.717) is 4.47 Å². The molecule has 0 radical (unpaired) electrons. The topological polar surface area (TPSA) is 59.1 Å². The second-order valence-corrected chi connectivity index (χ2v) is 8.47. The number of aromatic nitrogens is 1. The number of nitrogens with zero attached hydrogens (tertiary/aromatic N) is 1. The lowest BCUT2D eigenvalue weighted by Crippen LogP contribution is -2.30. The van der Waals surface area contributed by atoms with Crippen molar-refractivity contribution in [1.29, 1.82) is 0 Å². The lowest BCUT2D eigenvalue weighted by Gasteiger charge is -2.08. The van der Waals surface area contributed by atoms with E-state index in [1.807, 2.05) is 0 Å². The van der Waals surface area contributed by atoms with Crippen LogP contribution in [0.2, 0.25) is 0 Å². The predicted molar refractivity (Wildman–Crippen MR) is 73.6 cm³/mol.